The minimum atomic E-state index is -0.403. The lowest BCUT2D eigenvalue weighted by Crippen LogP contribution is -2.47. The number of aliphatic hydroxyl groups is 1. The first-order valence-corrected chi connectivity index (χ1v) is 10.4. The number of hydrogen-bond acceptors (Lipinski definition) is 5. The first-order valence-electron chi connectivity index (χ1n) is 10.4. The van der Waals surface area contributed by atoms with Crippen molar-refractivity contribution >= 4 is 14.2 Å². The molecule has 1 N–H and O–H groups in total. The van der Waals surface area contributed by atoms with Crippen molar-refractivity contribution in [2.24, 2.45) is 5.41 Å². The van der Waals surface area contributed by atoms with Crippen molar-refractivity contribution in [3.63, 3.8) is 0 Å². The highest BCUT2D eigenvalue weighted by Crippen LogP contribution is 2.56. The van der Waals surface area contributed by atoms with E-state index in [0.29, 0.717) is 6.42 Å². The summed E-state index contributed by atoms with van der Waals surface area (Å²) in [5, 5.41) is 10.8. The van der Waals surface area contributed by atoms with Gasteiger partial charge in [0.2, 0.25) is 0 Å². The quantitative estimate of drug-likeness (QED) is 0.732. The van der Waals surface area contributed by atoms with Crippen LogP contribution >= 0.6 is 0 Å². The Morgan fingerprint density at radius 2 is 0.963 bits per heavy atom. The van der Waals surface area contributed by atoms with Gasteiger partial charge in [0.25, 0.3) is 0 Å². The molecule has 3 aliphatic rings. The molecule has 3 atom stereocenters. The predicted molar refractivity (Wildman–Crippen MR) is 109 cm³/mol. The van der Waals surface area contributed by atoms with E-state index in [9.17, 15) is 5.11 Å². The molecule has 5 nitrogen and oxygen atoms in total. The average Bonchev–Trinajstić information content (AvgIpc) is 2.81. The molecule has 3 fully saturated rings. The van der Waals surface area contributed by atoms with E-state index in [1.807, 2.05) is 0 Å². The zero-order valence-corrected chi connectivity index (χ0v) is 18.9. The second kappa shape index (κ2) is 6.21. The van der Waals surface area contributed by atoms with Crippen molar-refractivity contribution < 1.29 is 23.7 Å². The van der Waals surface area contributed by atoms with Crippen molar-refractivity contribution in [2.75, 3.05) is 0 Å². The molecule has 0 aromatic rings. The van der Waals surface area contributed by atoms with Crippen LogP contribution in [0.3, 0.4) is 0 Å². The van der Waals surface area contributed by atoms with Gasteiger partial charge in [-0.05, 0) is 85.3 Å². The van der Waals surface area contributed by atoms with Gasteiger partial charge in [0.15, 0.2) is 0 Å². The third-order valence-electron chi connectivity index (χ3n) is 7.95. The zero-order valence-electron chi connectivity index (χ0n) is 18.9. The van der Waals surface area contributed by atoms with E-state index in [1.54, 1.807) is 0 Å². The minimum Gasteiger partial charge on any atom is -0.403 e. The molecule has 2 aliphatic heterocycles. The summed E-state index contributed by atoms with van der Waals surface area (Å²) in [5.74, 6) is 0.114. The molecule has 0 radical (unpaired) electrons. The highest BCUT2D eigenvalue weighted by Gasteiger charge is 2.63. The summed E-state index contributed by atoms with van der Waals surface area (Å²) in [7, 11) is -0.699. The Bertz CT molecular complexity index is 555. The van der Waals surface area contributed by atoms with Gasteiger partial charge in [-0.15, -0.1) is 0 Å². The van der Waals surface area contributed by atoms with Gasteiger partial charge in [0.05, 0.1) is 28.5 Å². The fraction of sp³-hybridized carbons (Fsp3) is 1.00. The maximum atomic E-state index is 10.8. The fourth-order valence-corrected chi connectivity index (χ4v) is 4.38. The van der Waals surface area contributed by atoms with Crippen LogP contribution in [0.4, 0.5) is 0 Å². The van der Waals surface area contributed by atoms with E-state index in [-0.39, 0.29) is 42.5 Å². The molecule has 7 heteroatoms. The topological polar surface area (TPSA) is 57.2 Å². The van der Waals surface area contributed by atoms with Crippen molar-refractivity contribution in [3.8, 4) is 0 Å². The van der Waals surface area contributed by atoms with E-state index in [0.717, 1.165) is 6.42 Å². The predicted octanol–water partition coefficient (Wildman–Crippen LogP) is 4.09. The average molecular weight is 380 g/mol. The second-order valence-corrected chi connectivity index (χ2v) is 11.5. The smallest absolute Gasteiger partial charge is 0.403 e. The van der Waals surface area contributed by atoms with Gasteiger partial charge in [-0.2, -0.15) is 0 Å². The van der Waals surface area contributed by atoms with Gasteiger partial charge in [0.1, 0.15) is 0 Å². The highest BCUT2D eigenvalue weighted by atomic mass is 16.7. The van der Waals surface area contributed by atoms with Crippen LogP contribution in [-0.4, -0.2) is 47.9 Å². The van der Waals surface area contributed by atoms with Crippen LogP contribution in [0.2, 0.25) is 11.6 Å². The standard InChI is InChI=1S/C20H38B2O5/c1-16(2)12-14(22-26-19(7,8)20(9,10)27-22)13(11-15(16)23)21-24-17(3,4)18(5,6)25-21/h13-15,23H,11-12H2,1-10H3/t13-,14+,15+/m0/s1. The summed E-state index contributed by atoms with van der Waals surface area (Å²) in [6.07, 6.45) is 1.03. The summed E-state index contributed by atoms with van der Waals surface area (Å²) in [4.78, 5) is 0. The molecule has 0 amide bonds. The summed E-state index contributed by atoms with van der Waals surface area (Å²) >= 11 is 0. The van der Waals surface area contributed by atoms with E-state index in [4.69, 9.17) is 18.6 Å². The molecule has 0 bridgehead atoms. The first-order chi connectivity index (χ1) is 12.0. The lowest BCUT2D eigenvalue weighted by atomic mass is 9.44. The molecule has 154 valence electrons. The minimum absolute atomic E-state index is 0.0174. The van der Waals surface area contributed by atoms with Gasteiger partial charge in [-0.1, -0.05) is 13.8 Å². The Morgan fingerprint density at radius 1 is 0.630 bits per heavy atom. The molecule has 1 aliphatic carbocycles. The lowest BCUT2D eigenvalue weighted by Gasteiger charge is -2.45. The maximum Gasteiger partial charge on any atom is 0.461 e. The van der Waals surface area contributed by atoms with Crippen LogP contribution < -0.4 is 0 Å². The zero-order chi connectivity index (χ0) is 20.6. The lowest BCUT2D eigenvalue weighted by molar-refractivity contribution is 0.00477. The highest BCUT2D eigenvalue weighted by molar-refractivity contribution is 6.55. The SMILES string of the molecule is CC1(C)C[C@@H](B2OC(C)(C)C(C)(C)O2)[C@@H](B2OC(C)(C)C(C)(C)O2)C[C@H]1O. The molecular formula is C20H38B2O5. The van der Waals surface area contributed by atoms with Gasteiger partial charge >= 0.3 is 14.2 Å². The maximum absolute atomic E-state index is 10.8. The van der Waals surface area contributed by atoms with Gasteiger partial charge < -0.3 is 23.7 Å². The summed E-state index contributed by atoms with van der Waals surface area (Å²) in [6.45, 7) is 20.9. The van der Waals surface area contributed by atoms with E-state index in [2.05, 4.69) is 69.2 Å². The van der Waals surface area contributed by atoms with Gasteiger partial charge in [-0.25, -0.2) is 0 Å². The second-order valence-electron chi connectivity index (χ2n) is 11.5. The third kappa shape index (κ3) is 3.52. The molecule has 1 saturated carbocycles. The van der Waals surface area contributed by atoms with Crippen LogP contribution in [0, 0.1) is 5.41 Å². The molecule has 2 saturated heterocycles. The Labute approximate surface area is 166 Å². The number of hydrogen-bond donors (Lipinski definition) is 1. The van der Waals surface area contributed by atoms with Crippen LogP contribution in [-0.2, 0) is 18.6 Å². The Kier molecular flexibility index (Phi) is 4.98. The van der Waals surface area contributed by atoms with E-state index < -0.39 is 17.3 Å². The molecule has 0 aromatic heterocycles. The Morgan fingerprint density at radius 3 is 1.33 bits per heavy atom. The summed E-state index contributed by atoms with van der Waals surface area (Å²) in [5.41, 5.74) is -1.74. The Balaban J connectivity index is 1.89. The molecule has 0 unspecified atom stereocenters. The largest absolute Gasteiger partial charge is 0.461 e. The Hall–Kier alpha value is -0.0701. The summed E-state index contributed by atoms with van der Waals surface area (Å²) < 4.78 is 25.6. The number of rotatable bonds is 2. The van der Waals surface area contributed by atoms with Crippen LogP contribution in [0.15, 0.2) is 0 Å². The molecular weight excluding hydrogens is 342 g/mol. The molecule has 27 heavy (non-hydrogen) atoms. The fourth-order valence-electron chi connectivity index (χ4n) is 4.38. The van der Waals surface area contributed by atoms with Crippen molar-refractivity contribution in [3.05, 3.63) is 0 Å². The molecule has 0 aromatic carbocycles. The van der Waals surface area contributed by atoms with E-state index in [1.165, 1.54) is 0 Å². The number of aliphatic hydroxyl groups excluding tert-OH is 1. The van der Waals surface area contributed by atoms with Gasteiger partial charge in [-0.3, -0.25) is 0 Å². The van der Waals surface area contributed by atoms with Crippen LogP contribution in [0.5, 0.6) is 0 Å². The molecule has 0 spiro atoms. The van der Waals surface area contributed by atoms with Gasteiger partial charge in [0, 0.05) is 0 Å². The monoisotopic (exact) mass is 380 g/mol. The summed E-state index contributed by atoms with van der Waals surface area (Å²) in [6, 6.07) is 0. The first kappa shape index (κ1) is 21.6. The van der Waals surface area contributed by atoms with Crippen LogP contribution in [0.25, 0.3) is 0 Å². The third-order valence-corrected chi connectivity index (χ3v) is 7.95. The normalized spacial score (nSPS) is 39.0. The van der Waals surface area contributed by atoms with Crippen LogP contribution in [0.1, 0.15) is 82.1 Å². The molecule has 3 rings (SSSR count). The molecule has 2 heterocycles. The van der Waals surface area contributed by atoms with E-state index >= 15 is 0 Å². The van der Waals surface area contributed by atoms with Crippen molar-refractivity contribution in [1.82, 2.24) is 0 Å². The van der Waals surface area contributed by atoms with Crippen molar-refractivity contribution in [2.45, 2.75) is 122 Å². The van der Waals surface area contributed by atoms with Crippen molar-refractivity contribution in [1.29, 1.82) is 0 Å².